The Morgan fingerprint density at radius 1 is 1.24 bits per heavy atom. The van der Waals surface area contributed by atoms with Crippen molar-refractivity contribution in [2.24, 2.45) is 39.7 Å². The van der Waals surface area contributed by atoms with E-state index in [9.17, 15) is 9.90 Å². The van der Waals surface area contributed by atoms with Crippen LogP contribution in [0.5, 0.6) is 0 Å². The molecule has 184 valence electrons. The first-order chi connectivity index (χ1) is 16.1. The van der Waals surface area contributed by atoms with E-state index in [1.54, 1.807) is 19.3 Å². The second-order valence-corrected chi connectivity index (χ2v) is 12.7. The number of aromatic nitrogens is 1. The molecule has 5 rings (SSSR count). The number of ketones is 1. The fraction of sp³-hybridized carbons (Fsp3) is 0.679. The van der Waals surface area contributed by atoms with Crippen molar-refractivity contribution in [2.75, 3.05) is 0 Å². The molecule has 1 aromatic heterocycles. The predicted molar refractivity (Wildman–Crippen MR) is 136 cm³/mol. The average molecular weight is 530 g/mol. The summed E-state index contributed by atoms with van der Waals surface area (Å²) in [5.74, 6) is 2.04. The van der Waals surface area contributed by atoms with Crippen LogP contribution in [0.2, 0.25) is 0 Å². The maximum Gasteiger partial charge on any atom is 0.161 e. The number of rotatable bonds is 4. The smallest absolute Gasteiger partial charge is 0.161 e. The highest BCUT2D eigenvalue weighted by atomic mass is 79.9. The lowest BCUT2D eigenvalue weighted by molar-refractivity contribution is -0.160. The van der Waals surface area contributed by atoms with Crippen LogP contribution in [0, 0.1) is 34.5 Å². The third-order valence-corrected chi connectivity index (χ3v) is 10.6. The fourth-order valence-corrected chi connectivity index (χ4v) is 8.80. The molecule has 5 nitrogen and oxygen atoms in total. The lowest BCUT2D eigenvalue weighted by Gasteiger charge is -2.60. The first-order valence-corrected chi connectivity index (χ1v) is 13.6. The number of fused-ring (bicyclic) bond motifs is 5. The van der Waals surface area contributed by atoms with Crippen molar-refractivity contribution in [3.05, 3.63) is 40.1 Å². The van der Waals surface area contributed by atoms with Gasteiger partial charge in [-0.05, 0) is 109 Å². The molecule has 1 heterocycles. The summed E-state index contributed by atoms with van der Waals surface area (Å²) in [6.45, 7) is 9.02. The van der Waals surface area contributed by atoms with Crippen LogP contribution < -0.4 is 0 Å². The van der Waals surface area contributed by atoms with E-state index in [0.29, 0.717) is 36.7 Å². The van der Waals surface area contributed by atoms with Crippen molar-refractivity contribution in [2.45, 2.75) is 84.8 Å². The van der Waals surface area contributed by atoms with Crippen LogP contribution in [0.3, 0.4) is 0 Å². The molecule has 1 aromatic rings. The van der Waals surface area contributed by atoms with Gasteiger partial charge in [0.15, 0.2) is 5.78 Å². The lowest BCUT2D eigenvalue weighted by Crippen LogP contribution is -2.57. The van der Waals surface area contributed by atoms with Crippen molar-refractivity contribution < 1.29 is 14.7 Å². The molecular weight excluding hydrogens is 492 g/mol. The van der Waals surface area contributed by atoms with Gasteiger partial charge in [0.25, 0.3) is 0 Å². The van der Waals surface area contributed by atoms with Crippen LogP contribution >= 0.6 is 15.9 Å². The number of hydrogen-bond acceptors (Lipinski definition) is 5. The van der Waals surface area contributed by atoms with Gasteiger partial charge in [-0.2, -0.15) is 0 Å². The first kappa shape index (κ1) is 24.2. The van der Waals surface area contributed by atoms with Gasteiger partial charge < -0.3 is 9.94 Å². The van der Waals surface area contributed by atoms with E-state index >= 15 is 0 Å². The van der Waals surface area contributed by atoms with E-state index in [1.807, 2.05) is 6.07 Å². The predicted octanol–water partition coefficient (Wildman–Crippen LogP) is 6.25. The number of carbonyl (C=O) groups excluding carboxylic acids is 1. The number of oxime groups is 1. The van der Waals surface area contributed by atoms with E-state index in [-0.39, 0.29) is 16.6 Å². The third kappa shape index (κ3) is 3.62. The first-order valence-electron chi connectivity index (χ1n) is 12.8. The molecule has 7 atom stereocenters. The Morgan fingerprint density at radius 3 is 2.74 bits per heavy atom. The molecule has 0 aromatic carbocycles. The number of halogens is 1. The van der Waals surface area contributed by atoms with Crippen LogP contribution in [-0.4, -0.2) is 27.2 Å². The number of pyridine rings is 1. The van der Waals surface area contributed by atoms with E-state index in [2.05, 4.69) is 52.9 Å². The summed E-state index contributed by atoms with van der Waals surface area (Å²) in [6, 6.07) is 2.00. The van der Waals surface area contributed by atoms with Crippen molar-refractivity contribution in [1.29, 1.82) is 0 Å². The highest BCUT2D eigenvalue weighted by Gasteiger charge is 2.66. The molecule has 0 aliphatic heterocycles. The molecule has 1 N–H and O–H groups in total. The summed E-state index contributed by atoms with van der Waals surface area (Å²) in [5.41, 5.74) is 2.29. The zero-order chi connectivity index (χ0) is 24.3. The molecule has 4 aliphatic rings. The minimum Gasteiger partial charge on any atom is -0.391 e. The molecule has 0 bridgehead atoms. The van der Waals surface area contributed by atoms with Gasteiger partial charge in [0.2, 0.25) is 0 Å². The normalized spacial score (nSPS) is 42.4. The Morgan fingerprint density at radius 2 is 2.00 bits per heavy atom. The Hall–Kier alpha value is -1.53. The highest BCUT2D eigenvalue weighted by molar-refractivity contribution is 9.10. The maximum absolute atomic E-state index is 12.5. The third-order valence-electron chi connectivity index (χ3n) is 10.2. The standard InChI is InChI=1S/C28H37BrN2O3/c1-17-11-22-23(6-9-27(4)24(22)7-10-28(27,33)18(2)32)26(3)8-5-21(13-25(17)26)31-34-16-19-12-20(29)15-30-14-19/h12-15,17,22-24,33H,5-11,16H2,1-4H3/b31-21+/t17-,22+,23-,24-,26+,27-,28-/m0/s1. The maximum atomic E-state index is 12.5. The second-order valence-electron chi connectivity index (χ2n) is 11.8. The molecule has 34 heavy (non-hydrogen) atoms. The molecule has 0 spiro atoms. The minimum atomic E-state index is -1.14. The number of aliphatic hydroxyl groups is 1. The Kier molecular flexibility index (Phi) is 6.08. The molecule has 0 saturated heterocycles. The lowest BCUT2D eigenvalue weighted by atomic mass is 9.44. The summed E-state index contributed by atoms with van der Waals surface area (Å²) < 4.78 is 0.940. The Balaban J connectivity index is 1.36. The Bertz CT molecular complexity index is 1050. The molecular formula is C28H37BrN2O3. The highest BCUT2D eigenvalue weighted by Crippen LogP contribution is 2.68. The van der Waals surface area contributed by atoms with E-state index in [4.69, 9.17) is 4.84 Å². The minimum absolute atomic E-state index is 0.0382. The molecule has 3 saturated carbocycles. The van der Waals surface area contributed by atoms with Gasteiger partial charge >= 0.3 is 0 Å². The topological polar surface area (TPSA) is 71.8 Å². The Labute approximate surface area is 211 Å². The van der Waals surface area contributed by atoms with Crippen LogP contribution in [0.25, 0.3) is 0 Å². The van der Waals surface area contributed by atoms with Gasteiger partial charge in [0.1, 0.15) is 12.2 Å². The SMILES string of the molecule is CC(=O)[C@@]1(O)CC[C@H]2[C@@H]3C[C@H](C)C4=C/C(=N/OCc5cncc(Br)c5)CC[C@]4(C)[C@H]3CC[C@@]21C. The van der Waals surface area contributed by atoms with Crippen LogP contribution in [0.15, 0.2) is 39.7 Å². The van der Waals surface area contributed by atoms with Gasteiger partial charge in [-0.15, -0.1) is 0 Å². The number of nitrogens with zero attached hydrogens (tertiary/aromatic N) is 2. The number of carbonyl (C=O) groups is 1. The summed E-state index contributed by atoms with van der Waals surface area (Å²) in [6.07, 6.45) is 12.7. The van der Waals surface area contributed by atoms with Gasteiger partial charge in [-0.25, -0.2) is 0 Å². The summed E-state index contributed by atoms with van der Waals surface area (Å²) in [7, 11) is 0. The summed E-state index contributed by atoms with van der Waals surface area (Å²) >= 11 is 3.45. The zero-order valence-corrected chi connectivity index (χ0v) is 22.4. The zero-order valence-electron chi connectivity index (χ0n) is 20.8. The van der Waals surface area contributed by atoms with Crippen molar-refractivity contribution in [1.82, 2.24) is 4.98 Å². The summed E-state index contributed by atoms with van der Waals surface area (Å²) in [4.78, 5) is 22.4. The molecule has 0 unspecified atom stereocenters. The molecule has 0 amide bonds. The van der Waals surface area contributed by atoms with Crippen molar-refractivity contribution in [3.63, 3.8) is 0 Å². The van der Waals surface area contributed by atoms with Gasteiger partial charge in [-0.3, -0.25) is 9.78 Å². The van der Waals surface area contributed by atoms with Crippen LogP contribution in [0.1, 0.15) is 78.2 Å². The van der Waals surface area contributed by atoms with Crippen LogP contribution in [-0.2, 0) is 16.2 Å². The van der Waals surface area contributed by atoms with Crippen LogP contribution in [0.4, 0.5) is 0 Å². The molecule has 0 radical (unpaired) electrons. The molecule has 3 fully saturated rings. The summed E-state index contributed by atoms with van der Waals surface area (Å²) in [5, 5.41) is 15.9. The van der Waals surface area contributed by atoms with Gasteiger partial charge in [0, 0.05) is 27.8 Å². The quantitative estimate of drug-likeness (QED) is 0.469. The van der Waals surface area contributed by atoms with Gasteiger partial charge in [0.05, 0.1) is 5.71 Å². The van der Waals surface area contributed by atoms with E-state index in [1.165, 1.54) is 5.57 Å². The van der Waals surface area contributed by atoms with Crippen molar-refractivity contribution >= 4 is 27.4 Å². The van der Waals surface area contributed by atoms with E-state index < -0.39 is 5.60 Å². The molecule has 6 heteroatoms. The van der Waals surface area contributed by atoms with E-state index in [0.717, 1.165) is 54.3 Å². The van der Waals surface area contributed by atoms with Gasteiger partial charge in [-0.1, -0.05) is 31.5 Å². The monoisotopic (exact) mass is 528 g/mol. The second kappa shape index (κ2) is 8.55. The molecule has 4 aliphatic carbocycles. The largest absolute Gasteiger partial charge is 0.391 e. The van der Waals surface area contributed by atoms with Crippen molar-refractivity contribution in [3.8, 4) is 0 Å². The number of Topliss-reactive ketones (excluding diaryl/α,β-unsaturated/α-hetero) is 1. The fourth-order valence-electron chi connectivity index (χ4n) is 8.39. The average Bonchev–Trinajstić information content (AvgIpc) is 3.07. The number of allylic oxidation sites excluding steroid dienone is 2. The number of hydrogen-bond donors (Lipinski definition) is 1.